The quantitative estimate of drug-likeness (QED) is 0.432. The molecular weight excluding hydrogens is 386 g/mol. The summed E-state index contributed by atoms with van der Waals surface area (Å²) in [5.41, 5.74) is 1.20. The smallest absolute Gasteiger partial charge is 0.310 e. The van der Waals surface area contributed by atoms with Crippen molar-refractivity contribution >= 4 is 23.3 Å². The first-order valence-corrected chi connectivity index (χ1v) is 11.6. The minimum atomic E-state index is -0.112. The van der Waals surface area contributed by atoms with E-state index < -0.39 is 0 Å². The number of aliphatic imine (C=N–C) groups is 1. The zero-order valence-electron chi connectivity index (χ0n) is 18.2. The van der Waals surface area contributed by atoms with Gasteiger partial charge < -0.3 is 15.0 Å². The highest BCUT2D eigenvalue weighted by Crippen LogP contribution is 2.25. The normalized spacial score (nSPS) is 24.1. The highest BCUT2D eigenvalue weighted by atomic mass is 32.1. The van der Waals surface area contributed by atoms with Gasteiger partial charge in [0.25, 0.3) is 0 Å². The average Bonchev–Trinajstić information content (AvgIpc) is 3.31. The van der Waals surface area contributed by atoms with E-state index in [-0.39, 0.29) is 17.8 Å². The Kier molecular flexibility index (Phi) is 7.89. The molecule has 1 N–H and O–H groups in total. The van der Waals surface area contributed by atoms with Crippen LogP contribution in [0.5, 0.6) is 0 Å². The van der Waals surface area contributed by atoms with Gasteiger partial charge in [0.2, 0.25) is 0 Å². The predicted octanol–water partition coefficient (Wildman–Crippen LogP) is 2.37. The molecule has 2 saturated heterocycles. The van der Waals surface area contributed by atoms with Gasteiger partial charge in [-0.3, -0.25) is 14.7 Å². The second kappa shape index (κ2) is 10.4. The van der Waals surface area contributed by atoms with E-state index in [1.54, 1.807) is 11.3 Å². The Balaban J connectivity index is 1.50. The first-order valence-electron chi connectivity index (χ1n) is 10.7. The van der Waals surface area contributed by atoms with E-state index in [1.807, 2.05) is 0 Å². The predicted molar refractivity (Wildman–Crippen MR) is 117 cm³/mol. The Morgan fingerprint density at radius 3 is 2.76 bits per heavy atom. The fourth-order valence-electron chi connectivity index (χ4n) is 4.28. The molecule has 2 aliphatic heterocycles. The van der Waals surface area contributed by atoms with Crippen molar-refractivity contribution in [3.05, 3.63) is 16.1 Å². The minimum Gasteiger partial charge on any atom is -0.469 e. The standard InChI is InChI=1S/C21H35N5O2S/c1-5-22-21(26-11-15(2)19(13-26)20(27)28-4)23-10-17-6-8-25(9-7-17)12-18-14-29-16(3)24-18/h14-15,17,19H,5-13H2,1-4H3,(H,22,23). The number of aryl methyl sites for hydroxylation is 1. The van der Waals surface area contributed by atoms with Gasteiger partial charge in [-0.15, -0.1) is 11.3 Å². The summed E-state index contributed by atoms with van der Waals surface area (Å²) in [5.74, 6) is 1.66. The maximum Gasteiger partial charge on any atom is 0.310 e. The summed E-state index contributed by atoms with van der Waals surface area (Å²) in [6.07, 6.45) is 2.35. The monoisotopic (exact) mass is 421 g/mol. The lowest BCUT2D eigenvalue weighted by atomic mass is 9.97. The molecule has 3 rings (SSSR count). The third kappa shape index (κ3) is 5.92. The lowest BCUT2D eigenvalue weighted by Crippen LogP contribution is -2.41. The number of likely N-dealkylation sites (tertiary alicyclic amines) is 2. The van der Waals surface area contributed by atoms with Gasteiger partial charge in [-0.2, -0.15) is 0 Å². The molecule has 2 unspecified atom stereocenters. The van der Waals surface area contributed by atoms with E-state index in [0.717, 1.165) is 50.2 Å². The molecule has 0 saturated carbocycles. The molecule has 0 aliphatic carbocycles. The lowest BCUT2D eigenvalue weighted by molar-refractivity contribution is -0.145. The van der Waals surface area contributed by atoms with E-state index in [9.17, 15) is 4.79 Å². The number of carbonyl (C=O) groups excluding carboxylic acids is 1. The molecule has 0 amide bonds. The van der Waals surface area contributed by atoms with Crippen LogP contribution in [0, 0.1) is 24.7 Å². The first-order chi connectivity index (χ1) is 14.0. The summed E-state index contributed by atoms with van der Waals surface area (Å²) in [5, 5.41) is 6.73. The summed E-state index contributed by atoms with van der Waals surface area (Å²) in [4.78, 5) is 26.2. The van der Waals surface area contributed by atoms with Crippen LogP contribution in [0.1, 0.15) is 37.4 Å². The second-order valence-corrected chi connectivity index (χ2v) is 9.35. The second-order valence-electron chi connectivity index (χ2n) is 8.28. The van der Waals surface area contributed by atoms with E-state index in [0.29, 0.717) is 12.5 Å². The third-order valence-electron chi connectivity index (χ3n) is 6.01. The topological polar surface area (TPSA) is 70.1 Å². The fraction of sp³-hybridized carbons (Fsp3) is 0.762. The Bertz CT molecular complexity index is 699. The van der Waals surface area contributed by atoms with Crippen LogP contribution >= 0.6 is 11.3 Å². The van der Waals surface area contributed by atoms with Crippen molar-refractivity contribution in [3.63, 3.8) is 0 Å². The number of aromatic nitrogens is 1. The zero-order chi connectivity index (χ0) is 20.8. The highest BCUT2D eigenvalue weighted by molar-refractivity contribution is 7.09. The zero-order valence-corrected chi connectivity index (χ0v) is 19.0. The van der Waals surface area contributed by atoms with Gasteiger partial charge in [0.05, 0.1) is 23.7 Å². The first kappa shape index (κ1) is 22.0. The molecule has 1 aromatic heterocycles. The molecule has 8 heteroatoms. The van der Waals surface area contributed by atoms with E-state index in [4.69, 9.17) is 9.73 Å². The highest BCUT2D eigenvalue weighted by Gasteiger charge is 2.37. The third-order valence-corrected chi connectivity index (χ3v) is 6.83. The summed E-state index contributed by atoms with van der Waals surface area (Å²) in [7, 11) is 1.47. The Hall–Kier alpha value is -1.67. The fourth-order valence-corrected chi connectivity index (χ4v) is 4.88. The van der Waals surface area contributed by atoms with Crippen molar-refractivity contribution in [1.29, 1.82) is 0 Å². The number of piperidine rings is 1. The Morgan fingerprint density at radius 2 is 2.14 bits per heavy atom. The van der Waals surface area contributed by atoms with E-state index in [2.05, 4.69) is 46.3 Å². The molecule has 0 bridgehead atoms. The van der Waals surface area contributed by atoms with Crippen molar-refractivity contribution in [1.82, 2.24) is 20.1 Å². The van der Waals surface area contributed by atoms with Gasteiger partial charge in [-0.1, -0.05) is 6.92 Å². The molecule has 0 radical (unpaired) electrons. The van der Waals surface area contributed by atoms with Gasteiger partial charge in [0.15, 0.2) is 5.96 Å². The summed E-state index contributed by atoms with van der Waals surface area (Å²) in [6.45, 7) is 12.7. The van der Waals surface area contributed by atoms with Crippen molar-refractivity contribution in [2.45, 2.75) is 40.2 Å². The Labute approximate surface area is 178 Å². The molecule has 29 heavy (non-hydrogen) atoms. The number of methoxy groups -OCH3 is 1. The SMILES string of the molecule is CCNC(=NCC1CCN(Cc2csc(C)n2)CC1)N1CC(C)C(C(=O)OC)C1. The largest absolute Gasteiger partial charge is 0.469 e. The molecule has 7 nitrogen and oxygen atoms in total. The summed E-state index contributed by atoms with van der Waals surface area (Å²) in [6, 6.07) is 0. The van der Waals surface area contributed by atoms with Crippen LogP contribution in [0.25, 0.3) is 0 Å². The number of rotatable bonds is 6. The van der Waals surface area contributed by atoms with Crippen LogP contribution in [-0.2, 0) is 16.1 Å². The van der Waals surface area contributed by atoms with Crippen LogP contribution < -0.4 is 5.32 Å². The van der Waals surface area contributed by atoms with Gasteiger partial charge in [-0.25, -0.2) is 4.98 Å². The molecular formula is C21H35N5O2S. The number of ether oxygens (including phenoxy) is 1. The van der Waals surface area contributed by atoms with Gasteiger partial charge in [0.1, 0.15) is 0 Å². The van der Waals surface area contributed by atoms with Crippen LogP contribution in [-0.4, -0.2) is 73.1 Å². The number of guanidine groups is 1. The van der Waals surface area contributed by atoms with Crippen LogP contribution in [0.4, 0.5) is 0 Å². The molecule has 0 aromatic carbocycles. The molecule has 1 aromatic rings. The van der Waals surface area contributed by atoms with Crippen molar-refractivity contribution in [3.8, 4) is 0 Å². The number of thiazole rings is 1. The molecule has 3 heterocycles. The molecule has 2 fully saturated rings. The van der Waals surface area contributed by atoms with Crippen LogP contribution in [0.2, 0.25) is 0 Å². The molecule has 162 valence electrons. The molecule has 2 aliphatic rings. The molecule has 2 atom stereocenters. The number of nitrogens with one attached hydrogen (secondary N) is 1. The molecule has 0 spiro atoms. The maximum atomic E-state index is 12.0. The summed E-state index contributed by atoms with van der Waals surface area (Å²) >= 11 is 1.73. The van der Waals surface area contributed by atoms with Crippen LogP contribution in [0.15, 0.2) is 10.4 Å². The number of hydrogen-bond donors (Lipinski definition) is 1. The average molecular weight is 422 g/mol. The Morgan fingerprint density at radius 1 is 1.38 bits per heavy atom. The maximum absolute atomic E-state index is 12.0. The van der Waals surface area contributed by atoms with E-state index >= 15 is 0 Å². The van der Waals surface area contributed by atoms with Gasteiger partial charge >= 0.3 is 5.97 Å². The number of esters is 1. The van der Waals surface area contributed by atoms with E-state index in [1.165, 1.54) is 25.6 Å². The van der Waals surface area contributed by atoms with Crippen molar-refractivity contribution < 1.29 is 9.53 Å². The van der Waals surface area contributed by atoms with Crippen molar-refractivity contribution in [2.24, 2.45) is 22.7 Å². The minimum absolute atomic E-state index is 0.0681. The number of hydrogen-bond acceptors (Lipinski definition) is 6. The van der Waals surface area contributed by atoms with Gasteiger partial charge in [-0.05, 0) is 51.6 Å². The van der Waals surface area contributed by atoms with Crippen molar-refractivity contribution in [2.75, 3.05) is 46.4 Å². The number of nitrogens with zero attached hydrogens (tertiary/aromatic N) is 4. The summed E-state index contributed by atoms with van der Waals surface area (Å²) < 4.78 is 4.97. The van der Waals surface area contributed by atoms with Crippen LogP contribution in [0.3, 0.4) is 0 Å². The number of carbonyl (C=O) groups is 1. The lowest BCUT2D eigenvalue weighted by Gasteiger charge is -2.31. The van der Waals surface area contributed by atoms with Gasteiger partial charge in [0, 0.05) is 38.1 Å².